The van der Waals surface area contributed by atoms with Crippen molar-refractivity contribution in [2.45, 2.75) is 82.1 Å². The molecule has 2 amide bonds. The van der Waals surface area contributed by atoms with Gasteiger partial charge in [0.1, 0.15) is 18.3 Å². The summed E-state index contributed by atoms with van der Waals surface area (Å²) in [4.78, 5) is 33.0. The molecule has 8 rings (SSSR count). The second kappa shape index (κ2) is 12.8. The van der Waals surface area contributed by atoms with Gasteiger partial charge in [-0.2, -0.15) is 5.10 Å². The fraction of sp³-hybridized carbons (Fsp3) is 0.395. The number of likely N-dealkylation sites (tertiary alicyclic amines) is 1. The third-order valence-electron chi connectivity index (χ3n) is 10.5. The lowest BCUT2D eigenvalue weighted by Crippen LogP contribution is -2.50. The van der Waals surface area contributed by atoms with E-state index in [1.54, 1.807) is 4.90 Å². The summed E-state index contributed by atoms with van der Waals surface area (Å²) in [7, 11) is 0. The van der Waals surface area contributed by atoms with Crippen molar-refractivity contribution < 1.29 is 9.59 Å². The first kappa shape index (κ1) is 29.6. The molecule has 0 radical (unpaired) electrons. The number of piperidine rings is 1. The summed E-state index contributed by atoms with van der Waals surface area (Å²) in [6.45, 7) is 0.694. The highest BCUT2D eigenvalue weighted by molar-refractivity contribution is 6.04. The van der Waals surface area contributed by atoms with Gasteiger partial charge < -0.3 is 9.80 Å². The molecule has 9 nitrogen and oxygen atoms in total. The van der Waals surface area contributed by atoms with Gasteiger partial charge in [0.25, 0.3) is 0 Å². The lowest BCUT2D eigenvalue weighted by atomic mass is 9.88. The van der Waals surface area contributed by atoms with E-state index in [1.807, 2.05) is 59.5 Å². The molecule has 1 saturated heterocycles. The van der Waals surface area contributed by atoms with Gasteiger partial charge in [-0.1, -0.05) is 79.9 Å². The molecule has 3 aromatic carbocycles. The number of aromatic amines is 1. The Hall–Kier alpha value is -4.79. The highest BCUT2D eigenvalue weighted by Crippen LogP contribution is 2.41. The number of nitrogens with zero attached hydrogens (tertiary/aromatic N) is 6. The molecule has 5 aromatic rings. The van der Waals surface area contributed by atoms with Crippen LogP contribution in [0.3, 0.4) is 0 Å². The maximum absolute atomic E-state index is 14.9. The molecule has 1 saturated carbocycles. The van der Waals surface area contributed by atoms with Crippen molar-refractivity contribution in [1.82, 2.24) is 29.9 Å². The fourth-order valence-electron chi connectivity index (χ4n) is 8.07. The third-order valence-corrected chi connectivity index (χ3v) is 10.5. The number of aromatic nitrogens is 5. The summed E-state index contributed by atoms with van der Waals surface area (Å²) in [6.07, 6.45) is 9.92. The van der Waals surface area contributed by atoms with Crippen molar-refractivity contribution in [3.05, 3.63) is 102 Å². The van der Waals surface area contributed by atoms with Gasteiger partial charge in [0, 0.05) is 36.0 Å². The van der Waals surface area contributed by atoms with Gasteiger partial charge in [-0.15, -0.1) is 10.2 Å². The van der Waals surface area contributed by atoms with Crippen molar-refractivity contribution in [2.75, 3.05) is 18.0 Å². The number of H-pyrrole nitrogens is 1. The molecule has 2 atom stereocenters. The number of carbonyl (C=O) groups is 2. The van der Waals surface area contributed by atoms with Crippen molar-refractivity contribution >= 4 is 28.4 Å². The first-order chi connectivity index (χ1) is 23.2. The number of hydrogen-bond acceptors (Lipinski definition) is 5. The number of amides is 2. The monoisotopic (exact) mass is 627 g/mol. The molecule has 47 heavy (non-hydrogen) atoms. The normalized spacial score (nSPS) is 20.2. The van der Waals surface area contributed by atoms with E-state index in [2.05, 4.69) is 39.0 Å². The number of nitrogens with one attached hydrogen (secondary N) is 1. The number of benzene rings is 3. The Morgan fingerprint density at radius 2 is 1.49 bits per heavy atom. The summed E-state index contributed by atoms with van der Waals surface area (Å²) in [6, 6.07) is 26.5. The molecule has 240 valence electrons. The molecule has 1 N–H and O–H groups in total. The van der Waals surface area contributed by atoms with E-state index in [0.717, 1.165) is 85.2 Å². The Morgan fingerprint density at radius 1 is 0.766 bits per heavy atom. The van der Waals surface area contributed by atoms with Crippen molar-refractivity contribution in [2.24, 2.45) is 0 Å². The lowest BCUT2D eigenvalue weighted by molar-refractivity contribution is -0.134. The minimum atomic E-state index is -0.648. The average Bonchev–Trinajstić information content (AvgIpc) is 3.73. The van der Waals surface area contributed by atoms with Gasteiger partial charge in [-0.05, 0) is 62.3 Å². The maximum atomic E-state index is 14.9. The lowest BCUT2D eigenvalue weighted by Gasteiger charge is -2.37. The zero-order valence-corrected chi connectivity index (χ0v) is 26.7. The Bertz CT molecular complexity index is 1890. The second-order valence-corrected chi connectivity index (χ2v) is 13.4. The molecule has 2 unspecified atom stereocenters. The van der Waals surface area contributed by atoms with Crippen LogP contribution in [0.2, 0.25) is 0 Å². The molecular weight excluding hydrogens is 586 g/mol. The van der Waals surface area contributed by atoms with Crippen LogP contribution in [0.4, 0.5) is 5.69 Å². The van der Waals surface area contributed by atoms with Gasteiger partial charge in [-0.3, -0.25) is 19.3 Å². The van der Waals surface area contributed by atoms with E-state index in [4.69, 9.17) is 10.2 Å². The molecule has 0 spiro atoms. The maximum Gasteiger partial charge on any atom is 0.242 e. The van der Waals surface area contributed by atoms with Crippen LogP contribution in [0.25, 0.3) is 16.6 Å². The SMILES string of the molecule is O=C1C(Cc2[nH]nc3ccccc23)c2nnc(C3CCCCC3)n2-c2ccccc2N1CC(=O)N1CCCCC1Cc1ccccc1. The minimum Gasteiger partial charge on any atom is -0.338 e. The molecule has 3 aliphatic rings. The molecule has 4 heterocycles. The summed E-state index contributed by atoms with van der Waals surface area (Å²) in [5.74, 6) is 1.04. The Morgan fingerprint density at radius 3 is 2.34 bits per heavy atom. The van der Waals surface area contributed by atoms with Gasteiger partial charge in [-0.25, -0.2) is 0 Å². The topological polar surface area (TPSA) is 100 Å². The summed E-state index contributed by atoms with van der Waals surface area (Å²) in [5, 5.41) is 18.3. The molecule has 2 fully saturated rings. The highest BCUT2D eigenvalue weighted by atomic mass is 16.2. The Balaban J connectivity index is 1.19. The largest absolute Gasteiger partial charge is 0.338 e. The van der Waals surface area contributed by atoms with Crippen LogP contribution in [0.1, 0.15) is 86.1 Å². The van der Waals surface area contributed by atoms with E-state index in [0.29, 0.717) is 18.8 Å². The summed E-state index contributed by atoms with van der Waals surface area (Å²) < 4.78 is 2.15. The Kier molecular flexibility index (Phi) is 8.05. The van der Waals surface area contributed by atoms with Crippen LogP contribution < -0.4 is 4.90 Å². The predicted octanol–water partition coefficient (Wildman–Crippen LogP) is 6.49. The predicted molar refractivity (Wildman–Crippen MR) is 182 cm³/mol. The zero-order valence-electron chi connectivity index (χ0n) is 26.7. The minimum absolute atomic E-state index is 0.00954. The van der Waals surface area contributed by atoms with Crippen LogP contribution in [-0.2, 0) is 22.4 Å². The first-order valence-electron chi connectivity index (χ1n) is 17.3. The average molecular weight is 628 g/mol. The number of rotatable bonds is 7. The number of hydrogen-bond donors (Lipinski definition) is 1. The second-order valence-electron chi connectivity index (χ2n) is 13.4. The highest BCUT2D eigenvalue weighted by Gasteiger charge is 2.41. The van der Waals surface area contributed by atoms with Crippen molar-refractivity contribution in [3.8, 4) is 5.69 Å². The molecule has 0 bridgehead atoms. The number of para-hydroxylation sites is 3. The van der Waals surface area contributed by atoms with Crippen molar-refractivity contribution in [1.29, 1.82) is 0 Å². The van der Waals surface area contributed by atoms with Gasteiger partial charge in [0.2, 0.25) is 11.8 Å². The molecule has 1 aliphatic carbocycles. The summed E-state index contributed by atoms with van der Waals surface area (Å²) >= 11 is 0. The molecule has 9 heteroatoms. The summed E-state index contributed by atoms with van der Waals surface area (Å²) in [5.41, 5.74) is 4.57. The van der Waals surface area contributed by atoms with E-state index in [-0.39, 0.29) is 30.3 Å². The molecular formula is C38H41N7O2. The smallest absolute Gasteiger partial charge is 0.242 e. The van der Waals surface area contributed by atoms with Crippen LogP contribution in [0, 0.1) is 0 Å². The van der Waals surface area contributed by atoms with Crippen LogP contribution in [0.5, 0.6) is 0 Å². The van der Waals surface area contributed by atoms with Gasteiger partial charge in [0.15, 0.2) is 5.82 Å². The third kappa shape index (κ3) is 5.62. The number of carbonyl (C=O) groups excluding carboxylic acids is 2. The molecule has 2 aromatic heterocycles. The van der Waals surface area contributed by atoms with E-state index < -0.39 is 5.92 Å². The van der Waals surface area contributed by atoms with Gasteiger partial charge in [0.05, 0.1) is 16.9 Å². The van der Waals surface area contributed by atoms with Crippen LogP contribution in [0.15, 0.2) is 78.9 Å². The molecule has 2 aliphatic heterocycles. The number of anilines is 1. The van der Waals surface area contributed by atoms with E-state index >= 15 is 0 Å². The first-order valence-corrected chi connectivity index (χ1v) is 17.3. The van der Waals surface area contributed by atoms with Gasteiger partial charge >= 0.3 is 0 Å². The van der Waals surface area contributed by atoms with Crippen molar-refractivity contribution in [3.63, 3.8) is 0 Å². The number of fused-ring (bicyclic) bond motifs is 4. The van der Waals surface area contributed by atoms with E-state index in [1.165, 1.54) is 12.0 Å². The van der Waals surface area contributed by atoms with Crippen LogP contribution in [-0.4, -0.2) is 60.8 Å². The zero-order chi connectivity index (χ0) is 31.7. The quantitative estimate of drug-likeness (QED) is 0.222. The van der Waals surface area contributed by atoms with Crippen LogP contribution >= 0.6 is 0 Å². The fourth-order valence-corrected chi connectivity index (χ4v) is 8.07. The standard InChI is InChI=1S/C38H41N7O2/c46-35(43-22-12-11-17-28(43)23-26-13-3-1-4-14-26)25-44-33-20-9-10-21-34(33)45-36(27-15-5-2-6-16-27)41-42-37(45)30(38(44)47)24-32-29-18-7-8-19-31(29)39-40-32/h1,3-4,7-10,13-14,18-21,27-28,30H,2,5-6,11-12,15-17,22-25H2,(H,39,40). The Labute approximate surface area is 275 Å². The van der Waals surface area contributed by atoms with E-state index in [9.17, 15) is 9.59 Å².